The Balaban J connectivity index is 2.10. The summed E-state index contributed by atoms with van der Waals surface area (Å²) in [5.74, 6) is -0.362. The van der Waals surface area contributed by atoms with Crippen LogP contribution in [0.4, 0.5) is 10.8 Å². The van der Waals surface area contributed by atoms with Crippen LogP contribution < -0.4 is 5.32 Å². The maximum absolute atomic E-state index is 11.4. The third-order valence-corrected chi connectivity index (χ3v) is 3.79. The SMILES string of the molecule is COC(=O)c1cnc(Nc2ccc(C(C)(C)C)cc2)s1. The first-order valence-electron chi connectivity index (χ1n) is 6.32. The smallest absolute Gasteiger partial charge is 0.349 e. The second-order valence-corrected chi connectivity index (χ2v) is 6.50. The molecule has 0 aliphatic heterocycles. The van der Waals surface area contributed by atoms with E-state index < -0.39 is 0 Å². The van der Waals surface area contributed by atoms with Gasteiger partial charge < -0.3 is 10.1 Å². The van der Waals surface area contributed by atoms with Crippen LogP contribution >= 0.6 is 11.3 Å². The number of nitrogens with zero attached hydrogens (tertiary/aromatic N) is 1. The Hall–Kier alpha value is -1.88. The van der Waals surface area contributed by atoms with Gasteiger partial charge in [-0.05, 0) is 23.1 Å². The quantitative estimate of drug-likeness (QED) is 0.869. The molecular formula is C15H18N2O2S. The summed E-state index contributed by atoms with van der Waals surface area (Å²) in [6, 6.07) is 8.22. The summed E-state index contributed by atoms with van der Waals surface area (Å²) in [6.07, 6.45) is 1.52. The molecule has 0 saturated heterocycles. The molecule has 20 heavy (non-hydrogen) atoms. The van der Waals surface area contributed by atoms with Crippen LogP contribution in [0.3, 0.4) is 0 Å². The Morgan fingerprint density at radius 1 is 1.25 bits per heavy atom. The van der Waals surface area contributed by atoms with Crippen molar-refractivity contribution in [1.29, 1.82) is 0 Å². The lowest BCUT2D eigenvalue weighted by molar-refractivity contribution is 0.0606. The van der Waals surface area contributed by atoms with Crippen LogP contribution in [0.25, 0.3) is 0 Å². The van der Waals surface area contributed by atoms with Gasteiger partial charge in [0.15, 0.2) is 5.13 Å². The second-order valence-electron chi connectivity index (χ2n) is 5.47. The van der Waals surface area contributed by atoms with Gasteiger partial charge in [0.2, 0.25) is 0 Å². The summed E-state index contributed by atoms with van der Waals surface area (Å²) in [6.45, 7) is 6.54. The highest BCUT2D eigenvalue weighted by Gasteiger charge is 2.13. The normalized spacial score (nSPS) is 11.2. The lowest BCUT2D eigenvalue weighted by Gasteiger charge is -2.19. The second kappa shape index (κ2) is 5.63. The number of methoxy groups -OCH3 is 1. The van der Waals surface area contributed by atoms with Gasteiger partial charge in [-0.25, -0.2) is 9.78 Å². The molecule has 0 spiro atoms. The minimum absolute atomic E-state index is 0.137. The highest BCUT2D eigenvalue weighted by Crippen LogP contribution is 2.26. The largest absolute Gasteiger partial charge is 0.465 e. The number of aromatic nitrogens is 1. The number of nitrogens with one attached hydrogen (secondary N) is 1. The van der Waals surface area contributed by atoms with Crippen LogP contribution in [-0.2, 0) is 10.2 Å². The van der Waals surface area contributed by atoms with Gasteiger partial charge in [0.1, 0.15) is 4.88 Å². The van der Waals surface area contributed by atoms with E-state index in [1.54, 1.807) is 0 Å². The molecule has 0 aliphatic rings. The summed E-state index contributed by atoms with van der Waals surface area (Å²) in [7, 11) is 1.36. The summed E-state index contributed by atoms with van der Waals surface area (Å²) in [4.78, 5) is 16.0. The predicted octanol–water partition coefficient (Wildman–Crippen LogP) is 3.97. The van der Waals surface area contributed by atoms with Crippen molar-refractivity contribution in [1.82, 2.24) is 4.98 Å². The first kappa shape index (κ1) is 14.5. The van der Waals surface area contributed by atoms with Gasteiger partial charge in [0.05, 0.1) is 13.3 Å². The third-order valence-electron chi connectivity index (χ3n) is 2.89. The van der Waals surface area contributed by atoms with E-state index in [-0.39, 0.29) is 11.4 Å². The number of benzene rings is 1. The van der Waals surface area contributed by atoms with Crippen LogP contribution in [-0.4, -0.2) is 18.1 Å². The van der Waals surface area contributed by atoms with Gasteiger partial charge in [0, 0.05) is 5.69 Å². The molecule has 1 heterocycles. The van der Waals surface area contributed by atoms with Crippen LogP contribution in [0.2, 0.25) is 0 Å². The van der Waals surface area contributed by atoms with Crippen molar-refractivity contribution < 1.29 is 9.53 Å². The van der Waals surface area contributed by atoms with Gasteiger partial charge in [-0.15, -0.1) is 0 Å². The number of hydrogen-bond acceptors (Lipinski definition) is 5. The molecular weight excluding hydrogens is 272 g/mol. The first-order valence-corrected chi connectivity index (χ1v) is 7.13. The molecule has 0 bridgehead atoms. The molecule has 1 aromatic carbocycles. The minimum Gasteiger partial charge on any atom is -0.465 e. The average Bonchev–Trinajstić information content (AvgIpc) is 2.86. The lowest BCUT2D eigenvalue weighted by Crippen LogP contribution is -2.10. The fourth-order valence-corrected chi connectivity index (χ4v) is 2.46. The van der Waals surface area contributed by atoms with Crippen molar-refractivity contribution in [2.24, 2.45) is 0 Å². The zero-order valence-electron chi connectivity index (χ0n) is 12.1. The zero-order chi connectivity index (χ0) is 14.8. The molecule has 0 radical (unpaired) electrons. The maximum Gasteiger partial charge on any atom is 0.349 e. The molecule has 0 unspecified atom stereocenters. The number of anilines is 2. The highest BCUT2D eigenvalue weighted by molar-refractivity contribution is 7.17. The monoisotopic (exact) mass is 290 g/mol. The van der Waals surface area contributed by atoms with Crippen LogP contribution in [0, 0.1) is 0 Å². The van der Waals surface area contributed by atoms with E-state index in [1.807, 2.05) is 12.1 Å². The molecule has 2 aromatic rings. The minimum atomic E-state index is -0.362. The van der Waals surface area contributed by atoms with Crippen LogP contribution in [0.5, 0.6) is 0 Å². The number of thiazole rings is 1. The van der Waals surface area contributed by atoms with E-state index >= 15 is 0 Å². The van der Waals surface area contributed by atoms with Crippen LogP contribution in [0.1, 0.15) is 36.0 Å². The molecule has 0 aliphatic carbocycles. The number of ether oxygens (including phenoxy) is 1. The van der Waals surface area contributed by atoms with Crippen molar-refractivity contribution in [2.75, 3.05) is 12.4 Å². The van der Waals surface area contributed by atoms with Crippen molar-refractivity contribution in [3.63, 3.8) is 0 Å². The van der Waals surface area contributed by atoms with E-state index in [0.29, 0.717) is 10.0 Å². The fourth-order valence-electron chi connectivity index (χ4n) is 1.70. The van der Waals surface area contributed by atoms with Crippen molar-refractivity contribution >= 4 is 28.1 Å². The third kappa shape index (κ3) is 3.36. The Bertz CT molecular complexity index is 597. The molecule has 1 N–H and O–H groups in total. The van der Waals surface area contributed by atoms with E-state index in [2.05, 4.69) is 47.9 Å². The molecule has 0 amide bonds. The van der Waals surface area contributed by atoms with Crippen molar-refractivity contribution in [3.05, 3.63) is 40.9 Å². The molecule has 5 heteroatoms. The predicted molar refractivity (Wildman–Crippen MR) is 81.9 cm³/mol. The number of hydrogen-bond donors (Lipinski definition) is 1. The Kier molecular flexibility index (Phi) is 4.09. The number of rotatable bonds is 3. The topological polar surface area (TPSA) is 51.2 Å². The van der Waals surface area contributed by atoms with Gasteiger partial charge in [-0.3, -0.25) is 0 Å². The number of carbonyl (C=O) groups excluding carboxylic acids is 1. The van der Waals surface area contributed by atoms with Gasteiger partial charge in [-0.1, -0.05) is 44.2 Å². The van der Waals surface area contributed by atoms with E-state index in [1.165, 1.54) is 30.2 Å². The standard InChI is InChI=1S/C15H18N2O2S/c1-15(2,3)10-5-7-11(8-6-10)17-14-16-9-12(20-14)13(18)19-4/h5-9H,1-4H3,(H,16,17). The van der Waals surface area contributed by atoms with Crippen molar-refractivity contribution in [3.8, 4) is 0 Å². The molecule has 106 valence electrons. The molecule has 0 saturated carbocycles. The first-order chi connectivity index (χ1) is 9.40. The summed E-state index contributed by atoms with van der Waals surface area (Å²) >= 11 is 1.27. The zero-order valence-corrected chi connectivity index (χ0v) is 12.9. The van der Waals surface area contributed by atoms with Gasteiger partial charge >= 0.3 is 5.97 Å². The lowest BCUT2D eigenvalue weighted by atomic mass is 9.87. The fraction of sp³-hybridized carbons (Fsp3) is 0.333. The summed E-state index contributed by atoms with van der Waals surface area (Å²) in [5, 5.41) is 3.86. The average molecular weight is 290 g/mol. The van der Waals surface area contributed by atoms with E-state index in [4.69, 9.17) is 0 Å². The number of carbonyl (C=O) groups is 1. The van der Waals surface area contributed by atoms with Crippen LogP contribution in [0.15, 0.2) is 30.5 Å². The summed E-state index contributed by atoms with van der Waals surface area (Å²) < 4.78 is 4.66. The maximum atomic E-state index is 11.4. The Morgan fingerprint density at radius 3 is 2.45 bits per heavy atom. The van der Waals surface area contributed by atoms with E-state index in [0.717, 1.165) is 5.69 Å². The van der Waals surface area contributed by atoms with E-state index in [9.17, 15) is 4.79 Å². The Morgan fingerprint density at radius 2 is 1.90 bits per heavy atom. The Labute approximate surface area is 122 Å². The molecule has 2 rings (SSSR count). The molecule has 1 aromatic heterocycles. The molecule has 4 nitrogen and oxygen atoms in total. The van der Waals surface area contributed by atoms with Gasteiger partial charge in [-0.2, -0.15) is 0 Å². The highest BCUT2D eigenvalue weighted by atomic mass is 32.1. The van der Waals surface area contributed by atoms with Gasteiger partial charge in [0.25, 0.3) is 0 Å². The molecule has 0 atom stereocenters. The van der Waals surface area contributed by atoms with Crippen molar-refractivity contribution in [2.45, 2.75) is 26.2 Å². The summed E-state index contributed by atoms with van der Waals surface area (Å²) in [5.41, 5.74) is 2.36. The number of esters is 1. The molecule has 0 fully saturated rings.